The number of halogens is 1. The first-order valence-electron chi connectivity index (χ1n) is 8.19. The molecular formula is C18H16BrN3O5. The van der Waals surface area contributed by atoms with E-state index in [9.17, 15) is 19.7 Å². The van der Waals surface area contributed by atoms with Gasteiger partial charge < -0.3 is 9.73 Å². The van der Waals surface area contributed by atoms with E-state index in [2.05, 4.69) is 21.2 Å². The number of anilines is 1. The van der Waals surface area contributed by atoms with Gasteiger partial charge in [0.15, 0.2) is 5.58 Å². The Labute approximate surface area is 162 Å². The number of rotatable bonds is 6. The summed E-state index contributed by atoms with van der Waals surface area (Å²) in [4.78, 5) is 34.4. The van der Waals surface area contributed by atoms with Crippen LogP contribution in [-0.2, 0) is 11.3 Å². The smallest absolute Gasteiger partial charge is 0.407 e. The molecule has 1 N–H and O–H groups in total. The van der Waals surface area contributed by atoms with Crippen LogP contribution in [0.5, 0.6) is 0 Å². The van der Waals surface area contributed by atoms with Gasteiger partial charge in [0.2, 0.25) is 5.91 Å². The number of benzene rings is 2. The standard InChI is InChI=1S/C18H16BrN3O5/c1-11-4-6-14(13(19)9-11)20-17(23)3-2-8-21-15-7-5-12(22(25)26)10-16(15)27-18(21)24/h4-7,9-10H,2-3,8H2,1H3,(H,20,23). The van der Waals surface area contributed by atoms with E-state index in [-0.39, 0.29) is 30.1 Å². The van der Waals surface area contributed by atoms with Gasteiger partial charge in [0.25, 0.3) is 5.69 Å². The number of oxazole rings is 1. The molecule has 0 unspecified atom stereocenters. The maximum atomic E-state index is 12.1. The van der Waals surface area contributed by atoms with Crippen molar-refractivity contribution in [2.45, 2.75) is 26.3 Å². The molecule has 0 aliphatic carbocycles. The van der Waals surface area contributed by atoms with Crippen molar-refractivity contribution in [2.75, 3.05) is 5.32 Å². The van der Waals surface area contributed by atoms with E-state index in [1.165, 1.54) is 22.8 Å². The highest BCUT2D eigenvalue weighted by molar-refractivity contribution is 9.10. The number of nitrogens with zero attached hydrogens (tertiary/aromatic N) is 2. The zero-order valence-electron chi connectivity index (χ0n) is 14.4. The lowest BCUT2D eigenvalue weighted by molar-refractivity contribution is -0.384. The first kappa shape index (κ1) is 18.8. The average molecular weight is 434 g/mol. The lowest BCUT2D eigenvalue weighted by Crippen LogP contribution is -2.17. The molecule has 2 aromatic carbocycles. The third-order valence-electron chi connectivity index (χ3n) is 4.05. The molecule has 3 rings (SSSR count). The van der Waals surface area contributed by atoms with Gasteiger partial charge in [-0.05, 0) is 53.0 Å². The fraction of sp³-hybridized carbons (Fsp3) is 0.222. The number of fused-ring (bicyclic) bond motifs is 1. The van der Waals surface area contributed by atoms with E-state index in [4.69, 9.17) is 4.42 Å². The summed E-state index contributed by atoms with van der Waals surface area (Å²) in [5.41, 5.74) is 2.23. The summed E-state index contributed by atoms with van der Waals surface area (Å²) in [5.74, 6) is -0.775. The van der Waals surface area contributed by atoms with Crippen LogP contribution in [-0.4, -0.2) is 15.4 Å². The molecule has 0 bridgehead atoms. The van der Waals surface area contributed by atoms with Crippen molar-refractivity contribution in [3.8, 4) is 0 Å². The van der Waals surface area contributed by atoms with Crippen LogP contribution in [0, 0.1) is 17.0 Å². The average Bonchev–Trinajstić information content (AvgIpc) is 2.92. The van der Waals surface area contributed by atoms with Gasteiger partial charge in [-0.3, -0.25) is 19.5 Å². The van der Waals surface area contributed by atoms with E-state index in [1.807, 2.05) is 25.1 Å². The van der Waals surface area contributed by atoms with Crippen molar-refractivity contribution in [3.05, 3.63) is 67.1 Å². The van der Waals surface area contributed by atoms with Crippen molar-refractivity contribution in [1.29, 1.82) is 0 Å². The molecular weight excluding hydrogens is 418 g/mol. The number of hydrogen-bond donors (Lipinski definition) is 1. The number of carbonyl (C=O) groups is 1. The van der Waals surface area contributed by atoms with Gasteiger partial charge in [-0.25, -0.2) is 4.79 Å². The number of aromatic nitrogens is 1. The zero-order chi connectivity index (χ0) is 19.6. The van der Waals surface area contributed by atoms with Crippen molar-refractivity contribution in [2.24, 2.45) is 0 Å². The van der Waals surface area contributed by atoms with E-state index in [1.54, 1.807) is 0 Å². The SMILES string of the molecule is Cc1ccc(NC(=O)CCCn2c(=O)oc3cc([N+](=O)[O-])ccc32)c(Br)c1. The number of hydrogen-bond acceptors (Lipinski definition) is 5. The zero-order valence-corrected chi connectivity index (χ0v) is 16.0. The van der Waals surface area contributed by atoms with Gasteiger partial charge in [-0.15, -0.1) is 0 Å². The molecule has 0 atom stereocenters. The maximum absolute atomic E-state index is 12.1. The second kappa shape index (κ2) is 7.75. The first-order chi connectivity index (χ1) is 12.8. The number of nitro benzene ring substituents is 1. The number of nitro groups is 1. The Morgan fingerprint density at radius 3 is 2.78 bits per heavy atom. The van der Waals surface area contributed by atoms with E-state index >= 15 is 0 Å². The molecule has 8 nitrogen and oxygen atoms in total. The topological polar surface area (TPSA) is 107 Å². The Hall–Kier alpha value is -2.94. The quantitative estimate of drug-likeness (QED) is 0.466. The highest BCUT2D eigenvalue weighted by Gasteiger charge is 2.14. The largest absolute Gasteiger partial charge is 0.419 e. The van der Waals surface area contributed by atoms with Gasteiger partial charge in [0.05, 0.1) is 22.2 Å². The molecule has 0 saturated heterocycles. The molecule has 0 fully saturated rings. The van der Waals surface area contributed by atoms with Crippen LogP contribution in [0.1, 0.15) is 18.4 Å². The van der Waals surface area contributed by atoms with Gasteiger partial charge >= 0.3 is 5.76 Å². The molecule has 1 heterocycles. The minimum absolute atomic E-state index is 0.147. The van der Waals surface area contributed by atoms with Crippen molar-refractivity contribution < 1.29 is 14.1 Å². The van der Waals surface area contributed by atoms with Crippen LogP contribution >= 0.6 is 15.9 Å². The molecule has 140 valence electrons. The van der Waals surface area contributed by atoms with Crippen LogP contribution in [0.4, 0.5) is 11.4 Å². The van der Waals surface area contributed by atoms with E-state index in [0.717, 1.165) is 10.0 Å². The highest BCUT2D eigenvalue weighted by Crippen LogP contribution is 2.24. The van der Waals surface area contributed by atoms with Crippen molar-refractivity contribution in [3.63, 3.8) is 0 Å². The molecule has 1 aromatic heterocycles. The Balaban J connectivity index is 1.65. The Kier molecular flexibility index (Phi) is 5.41. The lowest BCUT2D eigenvalue weighted by atomic mass is 10.2. The summed E-state index contributed by atoms with van der Waals surface area (Å²) in [7, 11) is 0. The summed E-state index contributed by atoms with van der Waals surface area (Å²) in [6, 6.07) is 9.63. The van der Waals surface area contributed by atoms with E-state index < -0.39 is 10.7 Å². The van der Waals surface area contributed by atoms with Gasteiger partial charge in [-0.2, -0.15) is 0 Å². The first-order valence-corrected chi connectivity index (χ1v) is 8.98. The van der Waals surface area contributed by atoms with Crippen molar-refractivity contribution in [1.82, 2.24) is 4.57 Å². The summed E-state index contributed by atoms with van der Waals surface area (Å²) in [5, 5.41) is 13.6. The predicted octanol–water partition coefficient (Wildman–Crippen LogP) is 3.99. The number of aryl methyl sites for hydroxylation is 2. The molecule has 9 heteroatoms. The number of carbonyl (C=O) groups excluding carboxylic acids is 1. The van der Waals surface area contributed by atoms with Crippen LogP contribution in [0.25, 0.3) is 11.1 Å². The Bertz CT molecular complexity index is 1090. The second-order valence-electron chi connectivity index (χ2n) is 6.06. The third-order valence-corrected chi connectivity index (χ3v) is 4.70. The van der Waals surface area contributed by atoms with Gasteiger partial charge in [0, 0.05) is 23.5 Å². The Morgan fingerprint density at radius 1 is 1.30 bits per heavy atom. The molecule has 0 radical (unpaired) electrons. The molecule has 0 aliphatic heterocycles. The molecule has 0 aliphatic rings. The number of non-ortho nitro benzene ring substituents is 1. The molecule has 0 saturated carbocycles. The van der Waals surface area contributed by atoms with Crippen LogP contribution in [0.2, 0.25) is 0 Å². The van der Waals surface area contributed by atoms with Crippen molar-refractivity contribution >= 4 is 44.3 Å². The third kappa shape index (κ3) is 4.25. The summed E-state index contributed by atoms with van der Waals surface area (Å²) in [6.45, 7) is 2.23. The number of nitrogens with one attached hydrogen (secondary N) is 1. The fourth-order valence-electron chi connectivity index (χ4n) is 2.71. The van der Waals surface area contributed by atoms with Gasteiger partial charge in [0.1, 0.15) is 0 Å². The minimum Gasteiger partial charge on any atom is -0.407 e. The van der Waals surface area contributed by atoms with Crippen LogP contribution < -0.4 is 11.1 Å². The number of amides is 1. The highest BCUT2D eigenvalue weighted by atomic mass is 79.9. The summed E-state index contributed by atoms with van der Waals surface area (Å²) < 4.78 is 7.24. The van der Waals surface area contributed by atoms with Crippen LogP contribution in [0.3, 0.4) is 0 Å². The predicted molar refractivity (Wildman–Crippen MR) is 104 cm³/mol. The summed E-state index contributed by atoms with van der Waals surface area (Å²) in [6.07, 6.45) is 0.632. The molecule has 3 aromatic rings. The minimum atomic E-state index is -0.604. The van der Waals surface area contributed by atoms with Gasteiger partial charge in [-0.1, -0.05) is 6.07 Å². The summed E-state index contributed by atoms with van der Waals surface area (Å²) >= 11 is 3.41. The Morgan fingerprint density at radius 2 is 2.07 bits per heavy atom. The monoisotopic (exact) mass is 433 g/mol. The molecule has 1 amide bonds. The normalized spacial score (nSPS) is 10.9. The molecule has 0 spiro atoms. The fourth-order valence-corrected chi connectivity index (χ4v) is 3.30. The lowest BCUT2D eigenvalue weighted by Gasteiger charge is -2.08. The van der Waals surface area contributed by atoms with E-state index in [0.29, 0.717) is 17.6 Å². The second-order valence-corrected chi connectivity index (χ2v) is 6.92. The van der Waals surface area contributed by atoms with Crippen LogP contribution in [0.15, 0.2) is 50.1 Å². The molecule has 27 heavy (non-hydrogen) atoms. The maximum Gasteiger partial charge on any atom is 0.419 e.